The third-order valence-electron chi connectivity index (χ3n) is 2.41. The maximum absolute atomic E-state index is 6.21. The molecule has 0 unspecified atom stereocenters. The van der Waals surface area contributed by atoms with Crippen LogP contribution in [0.4, 0.5) is 0 Å². The normalized spacial score (nSPS) is 10.5. The molecule has 2 rings (SSSR count). The monoisotopic (exact) mass is 256 g/mol. The number of fused-ring (bicyclic) bond motifs is 1. The van der Waals surface area contributed by atoms with Crippen molar-refractivity contribution in [1.29, 1.82) is 0 Å². The second-order valence-electron chi connectivity index (χ2n) is 3.26. The van der Waals surface area contributed by atoms with Gasteiger partial charge in [-0.05, 0) is 12.1 Å². The first kappa shape index (κ1) is 11.4. The van der Waals surface area contributed by atoms with Crippen molar-refractivity contribution in [2.24, 2.45) is 0 Å². The van der Waals surface area contributed by atoms with Gasteiger partial charge in [0, 0.05) is 10.8 Å². The standard InChI is InChI=1S/C12H10Cl2O2/c1-15-10-5-3-4-7-8(10)6-9(13)12(16-2)11(7)14/h3-6H,1-2H3. The highest BCUT2D eigenvalue weighted by Crippen LogP contribution is 2.41. The van der Waals surface area contributed by atoms with Crippen molar-refractivity contribution in [3.8, 4) is 11.5 Å². The molecule has 2 nitrogen and oxygen atoms in total. The van der Waals surface area contributed by atoms with Gasteiger partial charge in [0.25, 0.3) is 0 Å². The molecule has 0 fully saturated rings. The molecule has 0 aliphatic carbocycles. The van der Waals surface area contributed by atoms with Crippen molar-refractivity contribution in [2.45, 2.75) is 0 Å². The summed E-state index contributed by atoms with van der Waals surface area (Å²) in [4.78, 5) is 0. The quantitative estimate of drug-likeness (QED) is 0.804. The van der Waals surface area contributed by atoms with Crippen LogP contribution in [0.15, 0.2) is 24.3 Å². The summed E-state index contributed by atoms with van der Waals surface area (Å²) in [5.74, 6) is 1.23. The number of benzene rings is 2. The van der Waals surface area contributed by atoms with Crippen molar-refractivity contribution in [1.82, 2.24) is 0 Å². The van der Waals surface area contributed by atoms with Crippen LogP contribution in [-0.2, 0) is 0 Å². The van der Waals surface area contributed by atoms with E-state index < -0.39 is 0 Å². The van der Waals surface area contributed by atoms with Crippen molar-refractivity contribution < 1.29 is 9.47 Å². The molecule has 84 valence electrons. The Hall–Kier alpha value is -1.12. The van der Waals surface area contributed by atoms with Crippen LogP contribution in [0.1, 0.15) is 0 Å². The SMILES string of the molecule is COc1c(Cl)cc2c(OC)cccc2c1Cl. The fourth-order valence-electron chi connectivity index (χ4n) is 1.67. The van der Waals surface area contributed by atoms with E-state index in [1.165, 1.54) is 0 Å². The minimum atomic E-state index is 0.476. The van der Waals surface area contributed by atoms with Gasteiger partial charge in [0.15, 0.2) is 5.75 Å². The molecule has 0 aliphatic rings. The Labute approximate surface area is 104 Å². The summed E-state index contributed by atoms with van der Waals surface area (Å²) < 4.78 is 10.4. The molecule has 0 atom stereocenters. The zero-order valence-electron chi connectivity index (χ0n) is 8.88. The summed E-state index contributed by atoms with van der Waals surface area (Å²) >= 11 is 12.3. The van der Waals surface area contributed by atoms with E-state index in [1.54, 1.807) is 20.3 Å². The molecule has 0 bridgehead atoms. The van der Waals surface area contributed by atoms with Crippen LogP contribution in [0.3, 0.4) is 0 Å². The molecule has 0 radical (unpaired) electrons. The van der Waals surface area contributed by atoms with Gasteiger partial charge in [-0.15, -0.1) is 0 Å². The third-order valence-corrected chi connectivity index (χ3v) is 3.07. The molecule has 0 N–H and O–H groups in total. The Balaban J connectivity index is 2.86. The minimum absolute atomic E-state index is 0.476. The highest BCUT2D eigenvalue weighted by atomic mass is 35.5. The van der Waals surface area contributed by atoms with Crippen molar-refractivity contribution in [2.75, 3.05) is 14.2 Å². The zero-order chi connectivity index (χ0) is 11.7. The molecule has 0 aliphatic heterocycles. The average Bonchev–Trinajstić information content (AvgIpc) is 2.29. The molecule has 2 aromatic carbocycles. The summed E-state index contributed by atoms with van der Waals surface area (Å²) in [7, 11) is 3.15. The molecule has 0 aromatic heterocycles. The molecule has 0 spiro atoms. The van der Waals surface area contributed by atoms with Crippen LogP contribution < -0.4 is 9.47 Å². The Morgan fingerprint density at radius 3 is 2.38 bits per heavy atom. The molecule has 0 amide bonds. The lowest BCUT2D eigenvalue weighted by Gasteiger charge is -2.11. The van der Waals surface area contributed by atoms with Crippen LogP contribution >= 0.6 is 23.2 Å². The van der Waals surface area contributed by atoms with Crippen LogP contribution in [-0.4, -0.2) is 14.2 Å². The van der Waals surface area contributed by atoms with Crippen LogP contribution in [0.25, 0.3) is 10.8 Å². The third kappa shape index (κ3) is 1.68. The molecule has 0 saturated carbocycles. The highest BCUT2D eigenvalue weighted by Gasteiger charge is 2.13. The van der Waals surface area contributed by atoms with Crippen LogP contribution in [0, 0.1) is 0 Å². The highest BCUT2D eigenvalue weighted by molar-refractivity contribution is 6.41. The van der Waals surface area contributed by atoms with Gasteiger partial charge >= 0.3 is 0 Å². The molecule has 4 heteroatoms. The maximum Gasteiger partial charge on any atom is 0.156 e. The largest absolute Gasteiger partial charge is 0.496 e. The van der Waals surface area contributed by atoms with Crippen molar-refractivity contribution in [3.05, 3.63) is 34.3 Å². The van der Waals surface area contributed by atoms with E-state index in [4.69, 9.17) is 32.7 Å². The number of hydrogen-bond acceptors (Lipinski definition) is 2. The Morgan fingerprint density at radius 2 is 1.75 bits per heavy atom. The van der Waals surface area contributed by atoms with Gasteiger partial charge in [-0.1, -0.05) is 35.3 Å². The predicted octanol–water partition coefficient (Wildman–Crippen LogP) is 4.16. The lowest BCUT2D eigenvalue weighted by Crippen LogP contribution is -1.89. The number of ether oxygens (including phenoxy) is 2. The van der Waals surface area contributed by atoms with Gasteiger partial charge in [-0.2, -0.15) is 0 Å². The van der Waals surface area contributed by atoms with Crippen molar-refractivity contribution in [3.63, 3.8) is 0 Å². The molecular weight excluding hydrogens is 247 g/mol. The fraction of sp³-hybridized carbons (Fsp3) is 0.167. The van der Waals surface area contributed by atoms with E-state index in [1.807, 2.05) is 18.2 Å². The smallest absolute Gasteiger partial charge is 0.156 e. The van der Waals surface area contributed by atoms with Gasteiger partial charge in [0.05, 0.1) is 24.3 Å². The lowest BCUT2D eigenvalue weighted by atomic mass is 10.1. The number of methoxy groups -OCH3 is 2. The maximum atomic E-state index is 6.21. The number of halogens is 2. The Bertz CT molecular complexity index is 538. The summed E-state index contributed by atoms with van der Waals surface area (Å²) in [5.41, 5.74) is 0. The predicted molar refractivity (Wildman–Crippen MR) is 67.1 cm³/mol. The van der Waals surface area contributed by atoms with E-state index in [9.17, 15) is 0 Å². The molecule has 0 heterocycles. The fourth-order valence-corrected chi connectivity index (χ4v) is 2.34. The first-order chi connectivity index (χ1) is 7.69. The molecular formula is C12H10Cl2O2. The van der Waals surface area contributed by atoms with E-state index in [0.717, 1.165) is 16.5 Å². The zero-order valence-corrected chi connectivity index (χ0v) is 10.4. The lowest BCUT2D eigenvalue weighted by molar-refractivity contribution is 0.414. The second kappa shape index (κ2) is 4.40. The summed E-state index contributed by atoms with van der Waals surface area (Å²) in [6.45, 7) is 0. The van der Waals surface area contributed by atoms with Crippen LogP contribution in [0.5, 0.6) is 11.5 Å². The summed E-state index contributed by atoms with van der Waals surface area (Å²) in [5, 5.41) is 2.72. The minimum Gasteiger partial charge on any atom is -0.496 e. The number of hydrogen-bond donors (Lipinski definition) is 0. The van der Waals surface area contributed by atoms with Gasteiger partial charge < -0.3 is 9.47 Å². The number of rotatable bonds is 2. The van der Waals surface area contributed by atoms with Crippen LogP contribution in [0.2, 0.25) is 10.0 Å². The van der Waals surface area contributed by atoms with E-state index in [2.05, 4.69) is 0 Å². The van der Waals surface area contributed by atoms with Gasteiger partial charge in [-0.3, -0.25) is 0 Å². The van der Waals surface area contributed by atoms with E-state index in [0.29, 0.717) is 15.8 Å². The second-order valence-corrected chi connectivity index (χ2v) is 4.05. The molecule has 16 heavy (non-hydrogen) atoms. The van der Waals surface area contributed by atoms with Gasteiger partial charge in [-0.25, -0.2) is 0 Å². The Kier molecular flexibility index (Phi) is 3.13. The summed E-state index contributed by atoms with van der Waals surface area (Å²) in [6, 6.07) is 7.43. The van der Waals surface area contributed by atoms with Gasteiger partial charge in [0.1, 0.15) is 5.75 Å². The topological polar surface area (TPSA) is 18.5 Å². The Morgan fingerprint density at radius 1 is 1.00 bits per heavy atom. The van der Waals surface area contributed by atoms with Crippen molar-refractivity contribution >= 4 is 34.0 Å². The first-order valence-corrected chi connectivity index (χ1v) is 5.43. The molecule has 0 saturated heterocycles. The van der Waals surface area contributed by atoms with E-state index in [-0.39, 0.29) is 0 Å². The summed E-state index contributed by atoms with van der Waals surface area (Å²) in [6.07, 6.45) is 0. The van der Waals surface area contributed by atoms with Gasteiger partial charge in [0.2, 0.25) is 0 Å². The van der Waals surface area contributed by atoms with E-state index >= 15 is 0 Å². The first-order valence-electron chi connectivity index (χ1n) is 4.67. The molecule has 2 aromatic rings. The average molecular weight is 257 g/mol.